The first-order valence-corrected chi connectivity index (χ1v) is 10.0. The van der Waals surface area contributed by atoms with Crippen molar-refractivity contribution < 1.29 is 32.3 Å². The van der Waals surface area contributed by atoms with E-state index in [-0.39, 0.29) is 36.4 Å². The number of carbonyl (C=O) groups excluding carboxylic acids is 3. The summed E-state index contributed by atoms with van der Waals surface area (Å²) in [6.45, 7) is 0.897. The molecule has 3 aliphatic rings. The van der Waals surface area contributed by atoms with Gasteiger partial charge in [-0.05, 0) is 30.9 Å². The van der Waals surface area contributed by atoms with Crippen molar-refractivity contribution in [3.63, 3.8) is 0 Å². The lowest BCUT2D eigenvalue weighted by Crippen LogP contribution is -2.45. The zero-order chi connectivity index (χ0) is 21.7. The van der Waals surface area contributed by atoms with E-state index in [9.17, 15) is 27.6 Å². The van der Waals surface area contributed by atoms with Crippen LogP contribution in [0, 0.1) is 0 Å². The summed E-state index contributed by atoms with van der Waals surface area (Å²) in [6.07, 6.45) is -3.23. The van der Waals surface area contributed by atoms with E-state index in [0.717, 1.165) is 17.0 Å². The van der Waals surface area contributed by atoms with E-state index in [1.54, 1.807) is 7.05 Å². The van der Waals surface area contributed by atoms with Crippen molar-refractivity contribution in [1.82, 2.24) is 9.80 Å². The normalized spacial score (nSPS) is 27.1. The predicted octanol–water partition coefficient (Wildman–Crippen LogP) is 2.50. The van der Waals surface area contributed by atoms with E-state index in [0.29, 0.717) is 32.5 Å². The van der Waals surface area contributed by atoms with Gasteiger partial charge >= 0.3 is 6.18 Å². The SMILES string of the molecule is CN(C(=O)CC1(c2cccc(C(F)(F)F)c2)CC(=O)N(C2CC2)C1=O)C1CCOC1. The first-order valence-electron chi connectivity index (χ1n) is 10.0. The van der Waals surface area contributed by atoms with E-state index in [2.05, 4.69) is 0 Å². The number of amides is 3. The van der Waals surface area contributed by atoms with Crippen LogP contribution in [0.1, 0.15) is 43.2 Å². The van der Waals surface area contributed by atoms with Gasteiger partial charge in [0.2, 0.25) is 17.7 Å². The van der Waals surface area contributed by atoms with E-state index in [4.69, 9.17) is 4.74 Å². The number of hydrogen-bond acceptors (Lipinski definition) is 4. The monoisotopic (exact) mass is 424 g/mol. The molecule has 0 radical (unpaired) electrons. The molecule has 0 bridgehead atoms. The molecule has 1 aliphatic carbocycles. The number of halogens is 3. The first kappa shape index (κ1) is 20.8. The number of hydrogen-bond donors (Lipinski definition) is 0. The Morgan fingerprint density at radius 2 is 2.00 bits per heavy atom. The Bertz CT molecular complexity index is 877. The lowest BCUT2D eigenvalue weighted by molar-refractivity contribution is -0.143. The number of likely N-dealkylation sites (N-methyl/N-ethyl adjacent to an activating group) is 1. The Hall–Kier alpha value is -2.42. The Kier molecular flexibility index (Phi) is 5.12. The number of ether oxygens (including phenoxy) is 1. The Morgan fingerprint density at radius 3 is 2.60 bits per heavy atom. The van der Waals surface area contributed by atoms with E-state index >= 15 is 0 Å². The predicted molar refractivity (Wildman–Crippen MR) is 99.2 cm³/mol. The van der Waals surface area contributed by atoms with Gasteiger partial charge in [-0.3, -0.25) is 19.3 Å². The van der Waals surface area contributed by atoms with Gasteiger partial charge < -0.3 is 9.64 Å². The second kappa shape index (κ2) is 7.37. The summed E-state index contributed by atoms with van der Waals surface area (Å²) >= 11 is 0. The number of likely N-dealkylation sites (tertiary alicyclic amines) is 1. The summed E-state index contributed by atoms with van der Waals surface area (Å²) < 4.78 is 45.2. The van der Waals surface area contributed by atoms with Crippen molar-refractivity contribution in [2.75, 3.05) is 20.3 Å². The summed E-state index contributed by atoms with van der Waals surface area (Å²) in [5.41, 5.74) is -2.47. The van der Waals surface area contributed by atoms with Crippen LogP contribution in [0.15, 0.2) is 24.3 Å². The van der Waals surface area contributed by atoms with Crippen molar-refractivity contribution in [1.29, 1.82) is 0 Å². The topological polar surface area (TPSA) is 66.9 Å². The van der Waals surface area contributed by atoms with Gasteiger partial charge in [0.15, 0.2) is 0 Å². The minimum Gasteiger partial charge on any atom is -0.379 e. The third kappa shape index (κ3) is 3.59. The summed E-state index contributed by atoms with van der Waals surface area (Å²) in [5, 5.41) is 0. The summed E-state index contributed by atoms with van der Waals surface area (Å²) in [5.74, 6) is -1.39. The minimum atomic E-state index is -4.60. The molecule has 162 valence electrons. The Balaban J connectivity index is 1.72. The molecule has 30 heavy (non-hydrogen) atoms. The quantitative estimate of drug-likeness (QED) is 0.682. The van der Waals surface area contributed by atoms with Crippen LogP contribution in [0.2, 0.25) is 0 Å². The van der Waals surface area contributed by atoms with Gasteiger partial charge in [0.05, 0.1) is 23.6 Å². The second-order valence-corrected chi connectivity index (χ2v) is 8.34. The lowest BCUT2D eigenvalue weighted by atomic mass is 9.75. The minimum absolute atomic E-state index is 0.0586. The van der Waals surface area contributed by atoms with Crippen molar-refractivity contribution in [3.8, 4) is 0 Å². The van der Waals surface area contributed by atoms with Crippen LogP contribution in [0.3, 0.4) is 0 Å². The average Bonchev–Trinajstić information content (AvgIpc) is 3.29. The van der Waals surface area contributed by atoms with E-state index in [1.165, 1.54) is 17.0 Å². The molecule has 3 fully saturated rings. The fourth-order valence-corrected chi connectivity index (χ4v) is 4.34. The number of nitrogens with zero attached hydrogens (tertiary/aromatic N) is 2. The molecule has 1 saturated carbocycles. The molecule has 1 aromatic carbocycles. The molecular formula is C21H23F3N2O4. The number of imide groups is 1. The van der Waals surface area contributed by atoms with E-state index < -0.39 is 29.0 Å². The van der Waals surface area contributed by atoms with Crippen LogP contribution in [-0.4, -0.2) is 59.9 Å². The van der Waals surface area contributed by atoms with Crippen molar-refractivity contribution >= 4 is 17.7 Å². The highest BCUT2D eigenvalue weighted by atomic mass is 19.4. The Morgan fingerprint density at radius 1 is 1.27 bits per heavy atom. The number of benzene rings is 1. The molecular weight excluding hydrogens is 401 g/mol. The van der Waals surface area contributed by atoms with Crippen LogP contribution >= 0.6 is 0 Å². The van der Waals surface area contributed by atoms with Crippen LogP contribution < -0.4 is 0 Å². The molecule has 4 rings (SSSR count). The van der Waals surface area contributed by atoms with Crippen LogP contribution in [0.5, 0.6) is 0 Å². The maximum atomic E-state index is 13.4. The largest absolute Gasteiger partial charge is 0.416 e. The van der Waals surface area contributed by atoms with Crippen LogP contribution in [-0.2, 0) is 30.7 Å². The van der Waals surface area contributed by atoms with Gasteiger partial charge in [-0.1, -0.05) is 18.2 Å². The van der Waals surface area contributed by atoms with Gasteiger partial charge in [0.25, 0.3) is 0 Å². The van der Waals surface area contributed by atoms with Gasteiger partial charge in [-0.15, -0.1) is 0 Å². The lowest BCUT2D eigenvalue weighted by Gasteiger charge is -2.31. The van der Waals surface area contributed by atoms with Gasteiger partial charge in [-0.25, -0.2) is 0 Å². The maximum absolute atomic E-state index is 13.4. The number of rotatable bonds is 5. The van der Waals surface area contributed by atoms with Crippen molar-refractivity contribution in [2.45, 2.75) is 55.8 Å². The van der Waals surface area contributed by atoms with Crippen LogP contribution in [0.25, 0.3) is 0 Å². The zero-order valence-corrected chi connectivity index (χ0v) is 16.6. The number of alkyl halides is 3. The van der Waals surface area contributed by atoms with E-state index in [1.807, 2.05) is 0 Å². The molecule has 2 heterocycles. The maximum Gasteiger partial charge on any atom is 0.416 e. The highest BCUT2D eigenvalue weighted by Gasteiger charge is 2.57. The van der Waals surface area contributed by atoms with Crippen LogP contribution in [0.4, 0.5) is 13.2 Å². The van der Waals surface area contributed by atoms with Crippen molar-refractivity contribution in [3.05, 3.63) is 35.4 Å². The molecule has 3 amide bonds. The molecule has 2 saturated heterocycles. The smallest absolute Gasteiger partial charge is 0.379 e. The fraction of sp³-hybridized carbons (Fsp3) is 0.571. The molecule has 2 aliphatic heterocycles. The third-order valence-corrected chi connectivity index (χ3v) is 6.30. The molecule has 0 N–H and O–H groups in total. The first-order chi connectivity index (χ1) is 14.1. The summed E-state index contributed by atoms with van der Waals surface area (Å²) in [7, 11) is 1.60. The van der Waals surface area contributed by atoms with Gasteiger partial charge in [0, 0.05) is 32.5 Å². The molecule has 2 unspecified atom stereocenters. The van der Waals surface area contributed by atoms with Gasteiger partial charge in [-0.2, -0.15) is 13.2 Å². The highest BCUT2D eigenvalue weighted by Crippen LogP contribution is 2.45. The second-order valence-electron chi connectivity index (χ2n) is 8.34. The molecule has 9 heteroatoms. The molecule has 0 spiro atoms. The summed E-state index contributed by atoms with van der Waals surface area (Å²) in [4.78, 5) is 41.8. The third-order valence-electron chi connectivity index (χ3n) is 6.30. The van der Waals surface area contributed by atoms with Gasteiger partial charge in [0.1, 0.15) is 0 Å². The molecule has 2 atom stereocenters. The fourth-order valence-electron chi connectivity index (χ4n) is 4.34. The summed E-state index contributed by atoms with van der Waals surface area (Å²) in [6, 6.07) is 4.07. The van der Waals surface area contributed by atoms with Crippen molar-refractivity contribution in [2.24, 2.45) is 0 Å². The highest BCUT2D eigenvalue weighted by molar-refractivity contribution is 6.11. The number of carbonyl (C=O) groups is 3. The molecule has 1 aromatic rings. The zero-order valence-electron chi connectivity index (χ0n) is 16.6. The molecule has 6 nitrogen and oxygen atoms in total. The molecule has 0 aromatic heterocycles. The standard InChI is InChI=1S/C21H23F3N2O4/c1-25(16-7-8-30-12-16)17(27)10-20(11-18(28)26(19(20)29)15-5-6-15)13-3-2-4-14(9-13)21(22,23)24/h2-4,9,15-16H,5-8,10-12H2,1H3. The Labute approximate surface area is 172 Å². The average molecular weight is 424 g/mol.